The first-order valence-corrected chi connectivity index (χ1v) is 9.04. The van der Waals surface area contributed by atoms with Gasteiger partial charge in [0.05, 0.1) is 12.3 Å². The van der Waals surface area contributed by atoms with E-state index in [4.69, 9.17) is 8.83 Å². The third-order valence-electron chi connectivity index (χ3n) is 5.07. The number of likely N-dealkylation sites (tertiary alicyclic amines) is 1. The average Bonchev–Trinajstić information content (AvgIpc) is 3.43. The summed E-state index contributed by atoms with van der Waals surface area (Å²) in [5.41, 5.74) is 2.37. The Kier molecular flexibility index (Phi) is 3.83. The van der Waals surface area contributed by atoms with Gasteiger partial charge in [0, 0.05) is 11.9 Å². The van der Waals surface area contributed by atoms with Crippen LogP contribution in [-0.2, 0) is 0 Å². The molecule has 0 radical (unpaired) electrons. The van der Waals surface area contributed by atoms with Crippen molar-refractivity contribution in [2.45, 2.75) is 18.9 Å². The summed E-state index contributed by atoms with van der Waals surface area (Å²) in [5.74, 6) is 1.70. The van der Waals surface area contributed by atoms with Gasteiger partial charge in [0.2, 0.25) is 0 Å². The van der Waals surface area contributed by atoms with E-state index in [0.717, 1.165) is 41.2 Å². The highest BCUT2D eigenvalue weighted by Crippen LogP contribution is 2.31. The second-order valence-corrected chi connectivity index (χ2v) is 6.65. The number of rotatable bonds is 5. The molecule has 132 valence electrons. The van der Waals surface area contributed by atoms with E-state index < -0.39 is 0 Å². The molecule has 1 aromatic carbocycles. The Morgan fingerprint density at radius 2 is 1.96 bits per heavy atom. The molecule has 0 aliphatic carbocycles. The Labute approximate surface area is 150 Å². The summed E-state index contributed by atoms with van der Waals surface area (Å²) in [7, 11) is 0. The summed E-state index contributed by atoms with van der Waals surface area (Å²) >= 11 is 0. The van der Waals surface area contributed by atoms with Crippen molar-refractivity contribution in [3.63, 3.8) is 0 Å². The van der Waals surface area contributed by atoms with Crippen LogP contribution in [0, 0.1) is 0 Å². The van der Waals surface area contributed by atoms with Crippen LogP contribution in [0.2, 0.25) is 0 Å². The van der Waals surface area contributed by atoms with Crippen molar-refractivity contribution in [1.29, 1.82) is 0 Å². The molecule has 1 unspecified atom stereocenters. The van der Waals surface area contributed by atoms with Gasteiger partial charge in [-0.05, 0) is 50.2 Å². The van der Waals surface area contributed by atoms with Crippen LogP contribution in [0.5, 0.6) is 0 Å². The Hall–Kier alpha value is -2.86. The van der Waals surface area contributed by atoms with Gasteiger partial charge in [-0.3, -0.25) is 4.90 Å². The van der Waals surface area contributed by atoms with Crippen molar-refractivity contribution in [2.24, 2.45) is 0 Å². The van der Waals surface area contributed by atoms with E-state index in [2.05, 4.69) is 20.2 Å². The maximum absolute atomic E-state index is 6.01. The number of nitrogens with zero attached hydrogens (tertiary/aromatic N) is 3. The monoisotopic (exact) mass is 348 g/mol. The van der Waals surface area contributed by atoms with Crippen molar-refractivity contribution >= 4 is 27.9 Å². The first kappa shape index (κ1) is 15.4. The van der Waals surface area contributed by atoms with E-state index >= 15 is 0 Å². The van der Waals surface area contributed by atoms with E-state index in [0.29, 0.717) is 12.1 Å². The minimum Gasteiger partial charge on any atom is -0.468 e. The number of hydrogen-bond acceptors (Lipinski definition) is 6. The Bertz CT molecular complexity index is 1020. The van der Waals surface area contributed by atoms with Crippen LogP contribution >= 0.6 is 0 Å². The Morgan fingerprint density at radius 1 is 1.08 bits per heavy atom. The largest absolute Gasteiger partial charge is 0.468 e. The lowest BCUT2D eigenvalue weighted by atomic mass is 10.2. The second kappa shape index (κ2) is 6.46. The number of hydrogen-bond donors (Lipinski definition) is 1. The van der Waals surface area contributed by atoms with E-state index in [1.54, 1.807) is 12.6 Å². The average molecular weight is 348 g/mol. The summed E-state index contributed by atoms with van der Waals surface area (Å²) in [6.45, 7) is 2.89. The SMILES string of the molecule is c1coc(C(CNc2ncnc3c2oc2ccccc23)N2CCCC2)c1. The maximum atomic E-state index is 6.01. The lowest BCUT2D eigenvalue weighted by Crippen LogP contribution is -2.30. The quantitative estimate of drug-likeness (QED) is 0.582. The van der Waals surface area contributed by atoms with E-state index in [1.165, 1.54) is 12.8 Å². The van der Waals surface area contributed by atoms with Gasteiger partial charge in [-0.2, -0.15) is 0 Å². The van der Waals surface area contributed by atoms with Crippen LogP contribution in [-0.4, -0.2) is 34.5 Å². The fourth-order valence-electron chi connectivity index (χ4n) is 3.79. The normalized spacial score (nSPS) is 16.5. The number of benzene rings is 1. The van der Waals surface area contributed by atoms with E-state index in [-0.39, 0.29) is 6.04 Å². The molecule has 1 fully saturated rings. The summed E-state index contributed by atoms with van der Waals surface area (Å²) in [4.78, 5) is 11.3. The van der Waals surface area contributed by atoms with Crippen molar-refractivity contribution < 1.29 is 8.83 Å². The smallest absolute Gasteiger partial charge is 0.196 e. The molecule has 1 atom stereocenters. The molecule has 1 saturated heterocycles. The first-order valence-electron chi connectivity index (χ1n) is 9.04. The number of aromatic nitrogens is 2. The lowest BCUT2D eigenvalue weighted by Gasteiger charge is -2.26. The van der Waals surface area contributed by atoms with E-state index in [9.17, 15) is 0 Å². The van der Waals surface area contributed by atoms with Gasteiger partial charge in [-0.15, -0.1) is 0 Å². The van der Waals surface area contributed by atoms with Crippen molar-refractivity contribution in [3.8, 4) is 0 Å². The minimum atomic E-state index is 0.182. The lowest BCUT2D eigenvalue weighted by molar-refractivity contribution is 0.225. The standard InChI is InChI=1S/C20H20N4O2/c1-2-7-16-14(6-1)18-19(26-16)20(23-13-22-18)21-12-15(17-8-5-11-25-17)24-9-3-4-10-24/h1-2,5-8,11,13,15H,3-4,9-10,12H2,(H,21,22,23). The molecule has 5 rings (SSSR count). The molecule has 1 aliphatic heterocycles. The van der Waals surface area contributed by atoms with Crippen LogP contribution in [0.1, 0.15) is 24.6 Å². The van der Waals surface area contributed by atoms with Crippen LogP contribution in [0.3, 0.4) is 0 Å². The molecule has 1 aliphatic rings. The van der Waals surface area contributed by atoms with Crippen molar-refractivity contribution in [1.82, 2.24) is 14.9 Å². The molecular formula is C20H20N4O2. The molecule has 0 spiro atoms. The van der Waals surface area contributed by atoms with E-state index in [1.807, 2.05) is 36.4 Å². The fourth-order valence-corrected chi connectivity index (χ4v) is 3.79. The minimum absolute atomic E-state index is 0.182. The third-order valence-corrected chi connectivity index (χ3v) is 5.07. The van der Waals surface area contributed by atoms with Gasteiger partial charge in [-0.25, -0.2) is 9.97 Å². The van der Waals surface area contributed by atoms with Gasteiger partial charge >= 0.3 is 0 Å². The topological polar surface area (TPSA) is 67.3 Å². The highest BCUT2D eigenvalue weighted by atomic mass is 16.3. The molecule has 6 nitrogen and oxygen atoms in total. The Balaban J connectivity index is 1.46. The molecule has 3 aromatic heterocycles. The number of fused-ring (bicyclic) bond motifs is 3. The molecule has 6 heteroatoms. The van der Waals surface area contributed by atoms with Crippen LogP contribution < -0.4 is 5.32 Å². The zero-order valence-corrected chi connectivity index (χ0v) is 14.4. The van der Waals surface area contributed by atoms with Gasteiger partial charge in [0.15, 0.2) is 11.4 Å². The van der Waals surface area contributed by atoms with Crippen LogP contribution in [0.15, 0.2) is 57.8 Å². The fraction of sp³-hybridized carbons (Fsp3) is 0.300. The molecule has 26 heavy (non-hydrogen) atoms. The second-order valence-electron chi connectivity index (χ2n) is 6.65. The molecule has 0 bridgehead atoms. The van der Waals surface area contributed by atoms with Crippen molar-refractivity contribution in [2.75, 3.05) is 25.0 Å². The maximum Gasteiger partial charge on any atom is 0.196 e. The van der Waals surface area contributed by atoms with Crippen LogP contribution in [0.4, 0.5) is 5.82 Å². The van der Waals surface area contributed by atoms with Gasteiger partial charge in [0.25, 0.3) is 0 Å². The zero-order chi connectivity index (χ0) is 17.3. The predicted molar refractivity (Wildman–Crippen MR) is 100 cm³/mol. The summed E-state index contributed by atoms with van der Waals surface area (Å²) in [6.07, 6.45) is 5.79. The summed E-state index contributed by atoms with van der Waals surface area (Å²) in [5, 5.41) is 4.48. The number of nitrogens with one attached hydrogen (secondary N) is 1. The number of anilines is 1. The molecule has 0 saturated carbocycles. The highest BCUT2D eigenvalue weighted by Gasteiger charge is 2.26. The van der Waals surface area contributed by atoms with Crippen molar-refractivity contribution in [3.05, 3.63) is 54.7 Å². The molecule has 0 amide bonds. The van der Waals surface area contributed by atoms with Gasteiger partial charge in [0.1, 0.15) is 23.2 Å². The summed E-state index contributed by atoms with van der Waals surface area (Å²) in [6, 6.07) is 12.1. The molecule has 1 N–H and O–H groups in total. The Morgan fingerprint density at radius 3 is 2.81 bits per heavy atom. The van der Waals surface area contributed by atoms with Gasteiger partial charge in [-0.1, -0.05) is 12.1 Å². The summed E-state index contributed by atoms with van der Waals surface area (Å²) < 4.78 is 11.7. The first-order chi connectivity index (χ1) is 12.9. The molecule has 4 aromatic rings. The molecule has 4 heterocycles. The highest BCUT2D eigenvalue weighted by molar-refractivity contribution is 6.05. The zero-order valence-electron chi connectivity index (χ0n) is 14.4. The molecular weight excluding hydrogens is 328 g/mol. The number of para-hydroxylation sites is 1. The predicted octanol–water partition coefficient (Wildman–Crippen LogP) is 4.22. The van der Waals surface area contributed by atoms with Gasteiger partial charge < -0.3 is 14.2 Å². The van der Waals surface area contributed by atoms with Crippen LogP contribution in [0.25, 0.3) is 22.1 Å². The third kappa shape index (κ3) is 2.63. The number of furan rings is 2.